The van der Waals surface area contributed by atoms with Gasteiger partial charge >= 0.3 is 0 Å². The number of benzene rings is 1. The largest absolute Gasteiger partial charge is 0.393 e. The van der Waals surface area contributed by atoms with Crippen LogP contribution in [0.2, 0.25) is 0 Å². The Morgan fingerprint density at radius 1 is 1.38 bits per heavy atom. The Bertz CT molecular complexity index is 310. The van der Waals surface area contributed by atoms with E-state index in [0.29, 0.717) is 5.92 Å². The standard InChI is InChI=1S/C14H21NO/c1-12(16)14-8-5-9-15(11-14)10-13-6-3-2-4-7-13/h2-4,6-7,12,14,16H,5,8-11H2,1H3. The number of nitrogens with zero attached hydrogens (tertiary/aromatic N) is 1. The van der Waals surface area contributed by atoms with Crippen molar-refractivity contribution in [3.8, 4) is 0 Å². The third kappa shape index (κ3) is 3.06. The summed E-state index contributed by atoms with van der Waals surface area (Å²) in [5.41, 5.74) is 1.37. The zero-order valence-electron chi connectivity index (χ0n) is 9.97. The lowest BCUT2D eigenvalue weighted by Gasteiger charge is -2.34. The molecule has 1 fully saturated rings. The van der Waals surface area contributed by atoms with Gasteiger partial charge in [-0.1, -0.05) is 30.3 Å². The number of likely N-dealkylation sites (tertiary alicyclic amines) is 1. The highest BCUT2D eigenvalue weighted by Crippen LogP contribution is 2.21. The zero-order chi connectivity index (χ0) is 11.4. The number of aliphatic hydroxyl groups is 1. The molecule has 0 amide bonds. The molecule has 2 nitrogen and oxygen atoms in total. The van der Waals surface area contributed by atoms with Crippen molar-refractivity contribution >= 4 is 0 Å². The third-order valence-corrected chi connectivity index (χ3v) is 3.47. The molecule has 1 aliphatic heterocycles. The number of piperidine rings is 1. The van der Waals surface area contributed by atoms with Crippen LogP contribution in [0.5, 0.6) is 0 Å². The molecule has 0 aromatic heterocycles. The van der Waals surface area contributed by atoms with Gasteiger partial charge in [-0.2, -0.15) is 0 Å². The molecule has 88 valence electrons. The van der Waals surface area contributed by atoms with Crippen molar-refractivity contribution in [2.75, 3.05) is 13.1 Å². The van der Waals surface area contributed by atoms with Gasteiger partial charge in [0.05, 0.1) is 6.10 Å². The molecule has 1 aliphatic rings. The molecule has 2 unspecified atom stereocenters. The lowest BCUT2D eigenvalue weighted by Crippen LogP contribution is -2.38. The van der Waals surface area contributed by atoms with Crippen LogP contribution < -0.4 is 0 Å². The second kappa shape index (κ2) is 5.46. The van der Waals surface area contributed by atoms with Crippen LogP contribution in [0.4, 0.5) is 0 Å². The molecule has 16 heavy (non-hydrogen) atoms. The summed E-state index contributed by atoms with van der Waals surface area (Å²) in [5.74, 6) is 0.456. The summed E-state index contributed by atoms with van der Waals surface area (Å²) in [4.78, 5) is 2.45. The van der Waals surface area contributed by atoms with Crippen LogP contribution in [0.15, 0.2) is 30.3 Å². The van der Waals surface area contributed by atoms with Crippen molar-refractivity contribution in [1.82, 2.24) is 4.90 Å². The molecule has 1 saturated heterocycles. The van der Waals surface area contributed by atoms with Crippen LogP contribution in [0.1, 0.15) is 25.3 Å². The SMILES string of the molecule is CC(O)C1CCCN(Cc2ccccc2)C1. The van der Waals surface area contributed by atoms with Crippen molar-refractivity contribution in [3.63, 3.8) is 0 Å². The van der Waals surface area contributed by atoms with Crippen LogP contribution in [-0.4, -0.2) is 29.2 Å². The van der Waals surface area contributed by atoms with Crippen molar-refractivity contribution in [3.05, 3.63) is 35.9 Å². The minimum atomic E-state index is -0.168. The number of hydrogen-bond donors (Lipinski definition) is 1. The van der Waals surface area contributed by atoms with Gasteiger partial charge in [0.15, 0.2) is 0 Å². The Morgan fingerprint density at radius 3 is 2.81 bits per heavy atom. The zero-order valence-corrected chi connectivity index (χ0v) is 9.97. The smallest absolute Gasteiger partial charge is 0.0552 e. The fourth-order valence-corrected chi connectivity index (χ4v) is 2.47. The summed E-state index contributed by atoms with van der Waals surface area (Å²) >= 11 is 0. The Morgan fingerprint density at radius 2 is 2.12 bits per heavy atom. The van der Waals surface area contributed by atoms with Crippen LogP contribution >= 0.6 is 0 Å². The van der Waals surface area contributed by atoms with Gasteiger partial charge in [0, 0.05) is 13.1 Å². The van der Waals surface area contributed by atoms with E-state index in [-0.39, 0.29) is 6.10 Å². The molecule has 0 bridgehead atoms. The average Bonchev–Trinajstić information content (AvgIpc) is 2.30. The van der Waals surface area contributed by atoms with Crippen LogP contribution in [0.25, 0.3) is 0 Å². The lowest BCUT2D eigenvalue weighted by molar-refractivity contribution is 0.0599. The molecule has 1 aromatic carbocycles. The van der Waals surface area contributed by atoms with E-state index < -0.39 is 0 Å². The molecule has 2 atom stereocenters. The summed E-state index contributed by atoms with van der Waals surface area (Å²) in [5, 5.41) is 9.63. The van der Waals surface area contributed by atoms with Crippen molar-refractivity contribution in [1.29, 1.82) is 0 Å². The highest BCUT2D eigenvalue weighted by molar-refractivity contribution is 5.14. The molecular formula is C14H21NO. The second-order valence-electron chi connectivity index (χ2n) is 4.86. The maximum Gasteiger partial charge on any atom is 0.0552 e. The Balaban J connectivity index is 1.90. The van der Waals surface area contributed by atoms with Gasteiger partial charge in [0.1, 0.15) is 0 Å². The Hall–Kier alpha value is -0.860. The monoisotopic (exact) mass is 219 g/mol. The first-order chi connectivity index (χ1) is 7.75. The molecule has 1 heterocycles. The first-order valence-electron chi connectivity index (χ1n) is 6.20. The highest BCUT2D eigenvalue weighted by atomic mass is 16.3. The maximum atomic E-state index is 9.63. The van der Waals surface area contributed by atoms with Gasteiger partial charge in [0.25, 0.3) is 0 Å². The predicted molar refractivity (Wildman–Crippen MR) is 66.1 cm³/mol. The highest BCUT2D eigenvalue weighted by Gasteiger charge is 2.23. The molecule has 2 heteroatoms. The van der Waals surface area contributed by atoms with Crippen molar-refractivity contribution in [2.24, 2.45) is 5.92 Å². The van der Waals surface area contributed by atoms with E-state index in [9.17, 15) is 5.11 Å². The molecular weight excluding hydrogens is 198 g/mol. The molecule has 2 rings (SSSR count). The van der Waals surface area contributed by atoms with Gasteiger partial charge in [-0.05, 0) is 37.8 Å². The number of hydrogen-bond acceptors (Lipinski definition) is 2. The molecule has 0 saturated carbocycles. The van der Waals surface area contributed by atoms with Crippen LogP contribution in [0.3, 0.4) is 0 Å². The summed E-state index contributed by atoms with van der Waals surface area (Å²) in [7, 11) is 0. The first kappa shape index (κ1) is 11.6. The number of aliphatic hydroxyl groups excluding tert-OH is 1. The minimum Gasteiger partial charge on any atom is -0.393 e. The molecule has 0 spiro atoms. The fraction of sp³-hybridized carbons (Fsp3) is 0.571. The maximum absolute atomic E-state index is 9.63. The molecule has 0 aliphatic carbocycles. The number of rotatable bonds is 3. The quantitative estimate of drug-likeness (QED) is 0.843. The normalized spacial score (nSPS) is 24.2. The van der Waals surface area contributed by atoms with Gasteiger partial charge in [-0.25, -0.2) is 0 Å². The van der Waals surface area contributed by atoms with Gasteiger partial charge in [-0.15, -0.1) is 0 Å². The summed E-state index contributed by atoms with van der Waals surface area (Å²) in [6.45, 7) is 5.13. The van der Waals surface area contributed by atoms with E-state index in [1.165, 1.54) is 18.4 Å². The van der Waals surface area contributed by atoms with Gasteiger partial charge in [-0.3, -0.25) is 4.90 Å². The Labute approximate surface area is 97.9 Å². The van der Waals surface area contributed by atoms with Crippen LogP contribution in [0, 0.1) is 5.92 Å². The van der Waals surface area contributed by atoms with E-state index in [0.717, 1.165) is 19.6 Å². The van der Waals surface area contributed by atoms with Crippen molar-refractivity contribution in [2.45, 2.75) is 32.4 Å². The topological polar surface area (TPSA) is 23.5 Å². The minimum absolute atomic E-state index is 0.168. The first-order valence-corrected chi connectivity index (χ1v) is 6.20. The second-order valence-corrected chi connectivity index (χ2v) is 4.86. The van der Waals surface area contributed by atoms with E-state index in [2.05, 4.69) is 35.2 Å². The molecule has 1 N–H and O–H groups in total. The van der Waals surface area contributed by atoms with Crippen molar-refractivity contribution < 1.29 is 5.11 Å². The lowest BCUT2D eigenvalue weighted by atomic mass is 9.93. The van der Waals surface area contributed by atoms with E-state index in [4.69, 9.17) is 0 Å². The summed E-state index contributed by atoms with van der Waals surface area (Å²) in [6.07, 6.45) is 2.21. The molecule has 1 aromatic rings. The Kier molecular flexibility index (Phi) is 3.97. The predicted octanol–water partition coefficient (Wildman–Crippen LogP) is 2.28. The van der Waals surface area contributed by atoms with E-state index in [1.807, 2.05) is 6.92 Å². The van der Waals surface area contributed by atoms with Gasteiger partial charge in [0.2, 0.25) is 0 Å². The average molecular weight is 219 g/mol. The third-order valence-electron chi connectivity index (χ3n) is 3.47. The van der Waals surface area contributed by atoms with E-state index in [1.54, 1.807) is 0 Å². The summed E-state index contributed by atoms with van der Waals surface area (Å²) < 4.78 is 0. The van der Waals surface area contributed by atoms with Crippen LogP contribution in [-0.2, 0) is 6.54 Å². The van der Waals surface area contributed by atoms with Gasteiger partial charge < -0.3 is 5.11 Å². The fourth-order valence-electron chi connectivity index (χ4n) is 2.47. The summed E-state index contributed by atoms with van der Waals surface area (Å²) in [6, 6.07) is 10.6. The van der Waals surface area contributed by atoms with E-state index >= 15 is 0 Å². The molecule has 0 radical (unpaired) electrons.